The fraction of sp³-hybridized carbons (Fsp3) is 0.0769. The molecule has 8 heteroatoms. The van der Waals surface area contributed by atoms with Crippen LogP contribution in [-0.4, -0.2) is 14.4 Å². The zero-order chi connectivity index (χ0) is 15.7. The molecule has 21 heavy (non-hydrogen) atoms. The van der Waals surface area contributed by atoms with Crippen molar-refractivity contribution in [1.29, 1.82) is 0 Å². The first kappa shape index (κ1) is 15.3. The molecule has 0 heterocycles. The first-order chi connectivity index (χ1) is 9.85. The van der Waals surface area contributed by atoms with Gasteiger partial charge in [-0.3, -0.25) is 0 Å². The quantitative estimate of drug-likeness (QED) is 0.478. The van der Waals surface area contributed by atoms with E-state index in [4.69, 9.17) is 0 Å². The second kappa shape index (κ2) is 5.71. The fourth-order valence-electron chi connectivity index (χ4n) is 1.82. The molecule has 0 radical (unpaired) electrons. The molecule has 0 N–H and O–H groups in total. The number of methoxy groups -OCH3 is 1. The Morgan fingerprint density at radius 3 is 1.62 bits per heavy atom. The molecule has 2 rings (SSSR count). The molecule has 2 aromatic carbocycles. The molecule has 0 bridgehead atoms. The van der Waals surface area contributed by atoms with Crippen molar-refractivity contribution in [3.63, 3.8) is 0 Å². The van der Waals surface area contributed by atoms with E-state index in [1.54, 1.807) is 0 Å². The van der Waals surface area contributed by atoms with Crippen LogP contribution in [0, 0.1) is 34.9 Å². The molecule has 0 aliphatic heterocycles. The summed E-state index contributed by atoms with van der Waals surface area (Å²) in [6.07, 6.45) is 0. The van der Waals surface area contributed by atoms with Crippen molar-refractivity contribution >= 4 is 18.2 Å². The Morgan fingerprint density at radius 1 is 0.714 bits per heavy atom. The van der Waals surface area contributed by atoms with Gasteiger partial charge >= 0.3 is 0 Å². The number of ether oxygens (including phenoxy) is 1. The van der Waals surface area contributed by atoms with E-state index in [9.17, 15) is 26.3 Å². The minimum Gasteiger partial charge on any atom is -0.497 e. The largest absolute Gasteiger partial charge is 0.497 e. The number of benzene rings is 2. The summed E-state index contributed by atoms with van der Waals surface area (Å²) in [7, 11) is 0.198. The molecule has 0 unspecified atom stereocenters. The van der Waals surface area contributed by atoms with Crippen LogP contribution in [0.25, 0.3) is 0 Å². The summed E-state index contributed by atoms with van der Waals surface area (Å²) in [6.45, 7) is 0. The van der Waals surface area contributed by atoms with Gasteiger partial charge in [-0.25, -0.2) is 26.3 Å². The molecule has 0 saturated carbocycles. The third kappa shape index (κ3) is 2.84. The fourth-order valence-corrected chi connectivity index (χ4v) is 1.82. The smallest absolute Gasteiger partial charge is 0.208 e. The van der Waals surface area contributed by atoms with E-state index in [-0.39, 0.29) is 11.8 Å². The molecule has 0 fully saturated rings. The van der Waals surface area contributed by atoms with Crippen LogP contribution in [0.1, 0.15) is 0 Å². The van der Waals surface area contributed by atoms with Gasteiger partial charge in [0.05, 0.1) is 7.11 Å². The highest BCUT2D eigenvalue weighted by Gasteiger charge is 2.23. The van der Waals surface area contributed by atoms with Crippen LogP contribution in [0.5, 0.6) is 5.75 Å². The minimum atomic E-state index is -1.69. The standard InChI is InChI=1S/C13H7BF6O/c1-21-5-2-6(15)10(7(16)3-5)14-11-12(19)8(17)4-9(18)13(11)20/h2-4,14H,1H3. The number of rotatable bonds is 3. The molecule has 0 aliphatic carbocycles. The van der Waals surface area contributed by atoms with Crippen molar-refractivity contribution in [1.82, 2.24) is 0 Å². The Labute approximate surface area is 116 Å². The molecule has 110 valence electrons. The van der Waals surface area contributed by atoms with Gasteiger partial charge in [0.1, 0.15) is 17.4 Å². The molecular formula is C13H7BF6O. The molecule has 0 aromatic heterocycles. The summed E-state index contributed by atoms with van der Waals surface area (Å²) in [5.41, 5.74) is -1.81. The third-order valence-corrected chi connectivity index (χ3v) is 2.91. The lowest BCUT2D eigenvalue weighted by atomic mass is 9.63. The van der Waals surface area contributed by atoms with Gasteiger partial charge in [-0.1, -0.05) is 0 Å². The lowest BCUT2D eigenvalue weighted by Gasteiger charge is -2.09. The van der Waals surface area contributed by atoms with E-state index in [0.29, 0.717) is 0 Å². The van der Waals surface area contributed by atoms with Crippen LogP contribution in [0.15, 0.2) is 18.2 Å². The lowest BCUT2D eigenvalue weighted by Crippen LogP contribution is -2.37. The maximum Gasteiger partial charge on any atom is 0.208 e. The van der Waals surface area contributed by atoms with Gasteiger partial charge in [0.2, 0.25) is 7.28 Å². The van der Waals surface area contributed by atoms with Crippen LogP contribution in [0.4, 0.5) is 26.3 Å². The van der Waals surface area contributed by atoms with Gasteiger partial charge in [0.25, 0.3) is 0 Å². The van der Waals surface area contributed by atoms with Crippen molar-refractivity contribution in [2.24, 2.45) is 0 Å². The molecule has 2 aromatic rings. The van der Waals surface area contributed by atoms with E-state index < -0.39 is 53.1 Å². The molecule has 0 atom stereocenters. The molecule has 0 saturated heterocycles. The van der Waals surface area contributed by atoms with Crippen molar-refractivity contribution < 1.29 is 31.1 Å². The summed E-state index contributed by atoms with van der Waals surface area (Å²) >= 11 is 0. The van der Waals surface area contributed by atoms with E-state index in [2.05, 4.69) is 4.74 Å². The Bertz CT molecular complexity index is 654. The topological polar surface area (TPSA) is 9.23 Å². The monoisotopic (exact) mass is 304 g/mol. The number of hydrogen-bond acceptors (Lipinski definition) is 1. The van der Waals surface area contributed by atoms with Crippen LogP contribution < -0.4 is 15.7 Å². The summed E-state index contributed by atoms with van der Waals surface area (Å²) in [6, 6.07) is 1.61. The Hall–Kier alpha value is -2.12. The van der Waals surface area contributed by atoms with E-state index in [1.165, 1.54) is 7.11 Å². The van der Waals surface area contributed by atoms with Gasteiger partial charge in [-0.15, -0.1) is 0 Å². The van der Waals surface area contributed by atoms with Crippen molar-refractivity contribution in [2.75, 3.05) is 7.11 Å². The lowest BCUT2D eigenvalue weighted by molar-refractivity contribution is 0.407. The molecule has 0 aliphatic rings. The van der Waals surface area contributed by atoms with Crippen LogP contribution >= 0.6 is 0 Å². The van der Waals surface area contributed by atoms with Gasteiger partial charge < -0.3 is 4.74 Å². The van der Waals surface area contributed by atoms with Crippen molar-refractivity contribution in [3.05, 3.63) is 53.1 Å². The van der Waals surface area contributed by atoms with Gasteiger partial charge in [0.15, 0.2) is 23.3 Å². The summed E-state index contributed by atoms with van der Waals surface area (Å²) < 4.78 is 85.1. The van der Waals surface area contributed by atoms with Crippen LogP contribution in [0.3, 0.4) is 0 Å². The van der Waals surface area contributed by atoms with Gasteiger partial charge in [0, 0.05) is 18.2 Å². The first-order valence-corrected chi connectivity index (χ1v) is 5.69. The average Bonchev–Trinajstić information content (AvgIpc) is 2.43. The van der Waals surface area contributed by atoms with Crippen LogP contribution in [0.2, 0.25) is 0 Å². The summed E-state index contributed by atoms with van der Waals surface area (Å²) in [5.74, 6) is -9.09. The van der Waals surface area contributed by atoms with Gasteiger partial charge in [-0.05, 0) is 10.9 Å². The second-order valence-corrected chi connectivity index (χ2v) is 4.19. The SMILES string of the molecule is COc1cc(F)c(Bc2c(F)c(F)cc(F)c2F)c(F)c1. The molecule has 1 nitrogen and oxygen atoms in total. The highest BCUT2D eigenvalue weighted by Crippen LogP contribution is 2.14. The maximum atomic E-state index is 13.7. The average molecular weight is 304 g/mol. The number of hydrogen-bond donors (Lipinski definition) is 0. The highest BCUT2D eigenvalue weighted by molar-refractivity contribution is 6.67. The Kier molecular flexibility index (Phi) is 4.15. The van der Waals surface area contributed by atoms with E-state index in [0.717, 1.165) is 12.1 Å². The predicted octanol–water partition coefficient (Wildman–Crippen LogP) is 1.92. The first-order valence-electron chi connectivity index (χ1n) is 5.69. The zero-order valence-corrected chi connectivity index (χ0v) is 10.6. The third-order valence-electron chi connectivity index (χ3n) is 2.91. The van der Waals surface area contributed by atoms with E-state index >= 15 is 0 Å². The molecule has 0 amide bonds. The van der Waals surface area contributed by atoms with Crippen molar-refractivity contribution in [3.8, 4) is 5.75 Å². The normalized spacial score (nSPS) is 10.6. The van der Waals surface area contributed by atoms with Crippen LogP contribution in [-0.2, 0) is 0 Å². The molecular weight excluding hydrogens is 297 g/mol. The minimum absolute atomic E-state index is 0.0227. The summed E-state index contributed by atoms with van der Waals surface area (Å²) in [4.78, 5) is 0. The van der Waals surface area contributed by atoms with Gasteiger partial charge in [-0.2, -0.15) is 0 Å². The maximum absolute atomic E-state index is 13.7. The molecule has 0 spiro atoms. The zero-order valence-electron chi connectivity index (χ0n) is 10.6. The van der Waals surface area contributed by atoms with E-state index in [1.807, 2.05) is 0 Å². The Balaban J connectivity index is 2.53. The van der Waals surface area contributed by atoms with Crippen molar-refractivity contribution in [2.45, 2.75) is 0 Å². The summed E-state index contributed by atoms with van der Waals surface area (Å²) in [5, 5.41) is 0. The highest BCUT2D eigenvalue weighted by atomic mass is 19.2. The second-order valence-electron chi connectivity index (χ2n) is 4.19. The number of halogens is 6. The Morgan fingerprint density at radius 2 is 1.19 bits per heavy atom. The predicted molar refractivity (Wildman–Crippen MR) is 65.6 cm³/mol.